The molecule has 7 nitrogen and oxygen atoms in total. The van der Waals surface area contributed by atoms with Crippen LogP contribution in [-0.4, -0.2) is 32.3 Å². The Balaban J connectivity index is 1.66. The Morgan fingerprint density at radius 2 is 1.75 bits per heavy atom. The van der Waals surface area contributed by atoms with Crippen molar-refractivity contribution in [2.24, 2.45) is 5.10 Å². The van der Waals surface area contributed by atoms with Crippen LogP contribution in [0.5, 0.6) is 5.75 Å². The van der Waals surface area contributed by atoms with E-state index in [1.54, 1.807) is 60.7 Å². The van der Waals surface area contributed by atoms with Gasteiger partial charge in [-0.05, 0) is 36.4 Å². The van der Waals surface area contributed by atoms with E-state index in [1.807, 2.05) is 0 Å². The van der Waals surface area contributed by atoms with Crippen molar-refractivity contribution in [1.82, 2.24) is 5.43 Å². The maximum Gasteiger partial charge on any atom is 0.337 e. The lowest BCUT2D eigenvalue weighted by atomic mass is 10.1. The minimum Gasteiger partial charge on any atom is -0.496 e. The van der Waals surface area contributed by atoms with Crippen LogP contribution in [0.25, 0.3) is 11.3 Å². The average molecular weight is 378 g/mol. The van der Waals surface area contributed by atoms with Gasteiger partial charge in [0.25, 0.3) is 5.91 Å². The highest BCUT2D eigenvalue weighted by atomic mass is 16.5. The quantitative estimate of drug-likeness (QED) is 0.403. The van der Waals surface area contributed by atoms with E-state index >= 15 is 0 Å². The van der Waals surface area contributed by atoms with Crippen molar-refractivity contribution in [3.63, 3.8) is 0 Å². The molecule has 0 saturated carbocycles. The summed E-state index contributed by atoms with van der Waals surface area (Å²) in [6.45, 7) is 0. The number of methoxy groups -OCH3 is 2. The minimum atomic E-state index is -0.399. The fraction of sp³-hybridized carbons (Fsp3) is 0.0952. The van der Waals surface area contributed by atoms with Crippen LogP contribution < -0.4 is 10.2 Å². The molecule has 0 fully saturated rings. The van der Waals surface area contributed by atoms with Crippen LogP contribution in [0.1, 0.15) is 26.5 Å². The monoisotopic (exact) mass is 378 g/mol. The molecule has 0 aliphatic heterocycles. The zero-order chi connectivity index (χ0) is 19.9. The van der Waals surface area contributed by atoms with Crippen LogP contribution in [-0.2, 0) is 4.74 Å². The predicted octanol–water partition coefficient (Wildman–Crippen LogP) is 3.51. The van der Waals surface area contributed by atoms with Gasteiger partial charge in [0.2, 0.25) is 0 Å². The number of ether oxygens (including phenoxy) is 2. The lowest BCUT2D eigenvalue weighted by Gasteiger charge is -2.05. The van der Waals surface area contributed by atoms with E-state index in [4.69, 9.17) is 9.15 Å². The highest BCUT2D eigenvalue weighted by molar-refractivity contribution is 5.97. The van der Waals surface area contributed by atoms with Crippen LogP contribution in [0.2, 0.25) is 0 Å². The molecule has 2 aromatic carbocycles. The molecule has 0 spiro atoms. The first kappa shape index (κ1) is 18.9. The second kappa shape index (κ2) is 8.68. The number of amides is 1. The summed E-state index contributed by atoms with van der Waals surface area (Å²) in [5.74, 6) is 0.746. The number of hydrogen-bond acceptors (Lipinski definition) is 6. The molecule has 1 aromatic heterocycles. The second-order valence-electron chi connectivity index (χ2n) is 5.67. The van der Waals surface area contributed by atoms with Crippen LogP contribution in [0, 0.1) is 0 Å². The number of esters is 1. The van der Waals surface area contributed by atoms with Gasteiger partial charge in [0.1, 0.15) is 17.3 Å². The van der Waals surface area contributed by atoms with Gasteiger partial charge in [0.15, 0.2) is 0 Å². The zero-order valence-electron chi connectivity index (χ0n) is 15.3. The maximum atomic E-state index is 12.2. The van der Waals surface area contributed by atoms with Crippen molar-refractivity contribution < 1.29 is 23.5 Å². The third-order valence-corrected chi connectivity index (χ3v) is 3.93. The Labute approximate surface area is 161 Å². The number of hydrazone groups is 1. The molecule has 28 heavy (non-hydrogen) atoms. The van der Waals surface area contributed by atoms with Gasteiger partial charge in [-0.2, -0.15) is 5.10 Å². The van der Waals surface area contributed by atoms with Crippen LogP contribution >= 0.6 is 0 Å². The van der Waals surface area contributed by atoms with Gasteiger partial charge in [-0.3, -0.25) is 4.79 Å². The van der Waals surface area contributed by atoms with E-state index in [0.29, 0.717) is 28.4 Å². The van der Waals surface area contributed by atoms with Gasteiger partial charge in [-0.15, -0.1) is 0 Å². The van der Waals surface area contributed by atoms with Crippen molar-refractivity contribution in [1.29, 1.82) is 0 Å². The molecule has 0 aliphatic rings. The highest BCUT2D eigenvalue weighted by Crippen LogP contribution is 2.22. The number of hydrogen-bond donors (Lipinski definition) is 1. The highest BCUT2D eigenvalue weighted by Gasteiger charge is 2.10. The first-order valence-electron chi connectivity index (χ1n) is 8.37. The first-order valence-corrected chi connectivity index (χ1v) is 8.37. The summed E-state index contributed by atoms with van der Waals surface area (Å²) in [7, 11) is 2.83. The first-order chi connectivity index (χ1) is 13.6. The molecule has 7 heteroatoms. The van der Waals surface area contributed by atoms with Gasteiger partial charge in [-0.25, -0.2) is 10.2 Å². The Kier molecular flexibility index (Phi) is 5.86. The van der Waals surface area contributed by atoms with Crippen LogP contribution in [0.3, 0.4) is 0 Å². The third kappa shape index (κ3) is 4.27. The van der Waals surface area contributed by atoms with Gasteiger partial charge >= 0.3 is 5.97 Å². The van der Waals surface area contributed by atoms with Crippen molar-refractivity contribution in [3.05, 3.63) is 77.6 Å². The molecular formula is C21H18N2O5. The number of carbonyl (C=O) groups is 2. The fourth-order valence-corrected chi connectivity index (χ4v) is 2.51. The summed E-state index contributed by atoms with van der Waals surface area (Å²) < 4.78 is 15.5. The summed E-state index contributed by atoms with van der Waals surface area (Å²) in [6, 6.07) is 17.2. The number of furan rings is 1. The molecule has 3 rings (SSSR count). The van der Waals surface area contributed by atoms with Gasteiger partial charge in [-0.1, -0.05) is 24.3 Å². The zero-order valence-corrected chi connectivity index (χ0v) is 15.3. The molecule has 1 N–H and O–H groups in total. The Morgan fingerprint density at radius 3 is 2.46 bits per heavy atom. The molecule has 0 atom stereocenters. The summed E-state index contributed by atoms with van der Waals surface area (Å²) in [6.07, 6.45) is 1.40. The van der Waals surface area contributed by atoms with Crippen LogP contribution in [0.15, 0.2) is 70.2 Å². The standard InChI is InChI=1S/C21H18N2O5/c1-26-19-6-4-3-5-17(19)20(24)23-22-13-16-11-12-18(28-16)14-7-9-15(10-8-14)21(25)27-2/h3-13H,1-2H3,(H,23,24)/b22-13-. The number of benzene rings is 2. The Morgan fingerprint density at radius 1 is 1.00 bits per heavy atom. The SMILES string of the molecule is COC(=O)c1ccc(-c2ccc(/C=N\NC(=O)c3ccccc3OC)o2)cc1. The number of rotatable bonds is 6. The summed E-state index contributed by atoms with van der Waals surface area (Å²) >= 11 is 0. The molecule has 0 saturated heterocycles. The van der Waals surface area contributed by atoms with E-state index in [9.17, 15) is 9.59 Å². The third-order valence-electron chi connectivity index (χ3n) is 3.93. The predicted molar refractivity (Wildman–Crippen MR) is 104 cm³/mol. The lowest BCUT2D eigenvalue weighted by molar-refractivity contribution is 0.0600. The van der Waals surface area contributed by atoms with E-state index in [0.717, 1.165) is 5.56 Å². The number of carbonyl (C=O) groups excluding carboxylic acids is 2. The molecule has 1 heterocycles. The average Bonchev–Trinajstić information content (AvgIpc) is 3.22. The molecular weight excluding hydrogens is 360 g/mol. The molecule has 0 aliphatic carbocycles. The Hall–Kier alpha value is -3.87. The van der Waals surface area contributed by atoms with E-state index in [1.165, 1.54) is 20.4 Å². The van der Waals surface area contributed by atoms with E-state index < -0.39 is 5.97 Å². The summed E-state index contributed by atoms with van der Waals surface area (Å²) in [4.78, 5) is 23.7. The van der Waals surface area contributed by atoms with Gasteiger partial charge < -0.3 is 13.9 Å². The molecule has 142 valence electrons. The minimum absolute atomic E-state index is 0.382. The van der Waals surface area contributed by atoms with Crippen molar-refractivity contribution in [2.75, 3.05) is 14.2 Å². The molecule has 0 bridgehead atoms. The maximum absolute atomic E-state index is 12.2. The van der Waals surface area contributed by atoms with E-state index in [-0.39, 0.29) is 5.91 Å². The van der Waals surface area contributed by atoms with Gasteiger partial charge in [0.05, 0.1) is 31.6 Å². The topological polar surface area (TPSA) is 90.1 Å². The molecule has 0 radical (unpaired) electrons. The number of nitrogens with one attached hydrogen (secondary N) is 1. The summed E-state index contributed by atoms with van der Waals surface area (Å²) in [5.41, 5.74) is 4.07. The molecule has 1 amide bonds. The fourth-order valence-electron chi connectivity index (χ4n) is 2.51. The van der Waals surface area contributed by atoms with E-state index in [2.05, 4.69) is 15.3 Å². The number of para-hydroxylation sites is 1. The largest absolute Gasteiger partial charge is 0.496 e. The van der Waals surface area contributed by atoms with Crippen molar-refractivity contribution >= 4 is 18.1 Å². The van der Waals surface area contributed by atoms with Gasteiger partial charge in [0, 0.05) is 5.56 Å². The Bertz CT molecular complexity index is 1010. The lowest BCUT2D eigenvalue weighted by Crippen LogP contribution is -2.18. The number of nitrogens with zero attached hydrogens (tertiary/aromatic N) is 1. The smallest absolute Gasteiger partial charge is 0.337 e. The van der Waals surface area contributed by atoms with Crippen LogP contribution in [0.4, 0.5) is 0 Å². The second-order valence-corrected chi connectivity index (χ2v) is 5.67. The normalized spacial score (nSPS) is 10.6. The van der Waals surface area contributed by atoms with Crippen molar-refractivity contribution in [3.8, 4) is 17.1 Å². The molecule has 0 unspecified atom stereocenters. The molecule has 3 aromatic rings. The van der Waals surface area contributed by atoms with Crippen molar-refractivity contribution in [2.45, 2.75) is 0 Å². The summed E-state index contributed by atoms with van der Waals surface area (Å²) in [5, 5.41) is 3.91.